The number of rotatable bonds is 4. The first-order valence-electron chi connectivity index (χ1n) is 10.7. The standard InChI is InChI=1S/C24H30N4/c1-18-4-5-23-21(15-18)22-17-27(20-6-11-25-12-7-20)13-9-24(22)28(23)14-8-19-3-2-10-26-16-19/h2-5,10,15-16,20,25H,6-9,11-14,17H2,1H3. The molecule has 4 heterocycles. The lowest BCUT2D eigenvalue weighted by Gasteiger charge is -2.37. The number of piperidine rings is 1. The Morgan fingerprint density at radius 1 is 1.18 bits per heavy atom. The molecule has 1 fully saturated rings. The van der Waals surface area contributed by atoms with Crippen LogP contribution in [0.2, 0.25) is 0 Å². The van der Waals surface area contributed by atoms with Crippen molar-refractivity contribution in [1.29, 1.82) is 0 Å². The third-order valence-corrected chi connectivity index (χ3v) is 6.61. The summed E-state index contributed by atoms with van der Waals surface area (Å²) in [6, 6.07) is 12.0. The molecule has 1 aromatic carbocycles. The van der Waals surface area contributed by atoms with E-state index in [1.54, 1.807) is 11.3 Å². The van der Waals surface area contributed by atoms with Crippen LogP contribution in [-0.4, -0.2) is 40.1 Å². The highest BCUT2D eigenvalue weighted by Gasteiger charge is 2.28. The highest BCUT2D eigenvalue weighted by atomic mass is 15.2. The highest BCUT2D eigenvalue weighted by molar-refractivity contribution is 5.86. The van der Waals surface area contributed by atoms with Gasteiger partial charge in [-0.25, -0.2) is 0 Å². The first-order chi connectivity index (χ1) is 13.8. The smallest absolute Gasteiger partial charge is 0.0486 e. The van der Waals surface area contributed by atoms with Crippen molar-refractivity contribution in [2.45, 2.75) is 51.7 Å². The maximum atomic E-state index is 4.29. The minimum absolute atomic E-state index is 0.744. The van der Waals surface area contributed by atoms with Gasteiger partial charge in [-0.2, -0.15) is 0 Å². The molecule has 0 unspecified atom stereocenters. The Labute approximate surface area is 167 Å². The van der Waals surface area contributed by atoms with Gasteiger partial charge in [-0.1, -0.05) is 17.7 Å². The predicted octanol–water partition coefficient (Wildman–Crippen LogP) is 3.70. The van der Waals surface area contributed by atoms with Crippen LogP contribution < -0.4 is 5.32 Å². The van der Waals surface area contributed by atoms with Crippen LogP contribution in [0.3, 0.4) is 0 Å². The number of benzene rings is 1. The molecule has 1 saturated heterocycles. The Kier molecular flexibility index (Phi) is 4.91. The van der Waals surface area contributed by atoms with Crippen molar-refractivity contribution >= 4 is 10.9 Å². The molecule has 0 atom stereocenters. The van der Waals surface area contributed by atoms with E-state index < -0.39 is 0 Å². The largest absolute Gasteiger partial charge is 0.344 e. The van der Waals surface area contributed by atoms with Gasteiger partial charge in [0.15, 0.2) is 0 Å². The second-order valence-corrected chi connectivity index (χ2v) is 8.41. The summed E-state index contributed by atoms with van der Waals surface area (Å²) in [6.45, 7) is 7.89. The van der Waals surface area contributed by atoms with E-state index in [-0.39, 0.29) is 0 Å². The van der Waals surface area contributed by atoms with Crippen molar-refractivity contribution in [2.75, 3.05) is 19.6 Å². The summed E-state index contributed by atoms with van der Waals surface area (Å²) in [6.07, 6.45) is 8.63. The minimum atomic E-state index is 0.744. The van der Waals surface area contributed by atoms with Gasteiger partial charge >= 0.3 is 0 Å². The lowest BCUT2D eigenvalue weighted by Crippen LogP contribution is -2.45. The molecular formula is C24H30N4. The van der Waals surface area contributed by atoms with Crippen molar-refractivity contribution < 1.29 is 0 Å². The normalized spacial score (nSPS) is 18.5. The quantitative estimate of drug-likeness (QED) is 0.756. The van der Waals surface area contributed by atoms with E-state index in [1.165, 1.54) is 60.9 Å². The molecule has 4 heteroatoms. The number of pyridine rings is 1. The third-order valence-electron chi connectivity index (χ3n) is 6.61. The molecule has 0 amide bonds. The zero-order valence-electron chi connectivity index (χ0n) is 16.8. The second kappa shape index (κ2) is 7.69. The van der Waals surface area contributed by atoms with Gasteiger partial charge in [0.1, 0.15) is 0 Å². The van der Waals surface area contributed by atoms with Crippen LogP contribution in [0.1, 0.15) is 35.2 Å². The fraction of sp³-hybridized carbons (Fsp3) is 0.458. The molecule has 146 valence electrons. The maximum absolute atomic E-state index is 4.29. The van der Waals surface area contributed by atoms with Crippen LogP contribution in [0.4, 0.5) is 0 Å². The zero-order valence-corrected chi connectivity index (χ0v) is 16.8. The fourth-order valence-corrected chi connectivity index (χ4v) is 5.11. The Morgan fingerprint density at radius 2 is 2.07 bits per heavy atom. The lowest BCUT2D eigenvalue weighted by molar-refractivity contribution is 0.146. The van der Waals surface area contributed by atoms with Crippen molar-refractivity contribution in [2.24, 2.45) is 0 Å². The molecule has 5 rings (SSSR count). The van der Waals surface area contributed by atoms with Gasteiger partial charge in [0.2, 0.25) is 0 Å². The number of hydrogen-bond acceptors (Lipinski definition) is 3. The van der Waals surface area contributed by atoms with Gasteiger partial charge in [0, 0.05) is 61.1 Å². The molecule has 2 aromatic heterocycles. The summed E-state index contributed by atoms with van der Waals surface area (Å²) in [5.74, 6) is 0. The maximum Gasteiger partial charge on any atom is 0.0486 e. The first-order valence-corrected chi connectivity index (χ1v) is 10.7. The summed E-state index contributed by atoms with van der Waals surface area (Å²) < 4.78 is 2.59. The molecule has 3 aromatic rings. The average molecular weight is 375 g/mol. The van der Waals surface area contributed by atoms with Crippen molar-refractivity contribution in [3.05, 3.63) is 65.1 Å². The van der Waals surface area contributed by atoms with E-state index in [4.69, 9.17) is 0 Å². The Bertz CT molecular complexity index is 954. The molecule has 0 spiro atoms. The minimum Gasteiger partial charge on any atom is -0.344 e. The van der Waals surface area contributed by atoms with Crippen LogP contribution in [0.5, 0.6) is 0 Å². The number of aromatic nitrogens is 2. The van der Waals surface area contributed by atoms with E-state index >= 15 is 0 Å². The second-order valence-electron chi connectivity index (χ2n) is 8.41. The summed E-state index contributed by atoms with van der Waals surface area (Å²) in [5.41, 5.74) is 7.23. The van der Waals surface area contributed by atoms with E-state index in [0.29, 0.717) is 0 Å². The van der Waals surface area contributed by atoms with E-state index in [0.717, 1.165) is 25.6 Å². The number of hydrogen-bond donors (Lipinski definition) is 1. The van der Waals surface area contributed by atoms with Gasteiger partial charge in [0.25, 0.3) is 0 Å². The topological polar surface area (TPSA) is 33.1 Å². The molecule has 28 heavy (non-hydrogen) atoms. The number of aryl methyl sites for hydroxylation is 3. The summed E-state index contributed by atoms with van der Waals surface area (Å²) in [5, 5.41) is 4.98. The number of nitrogens with one attached hydrogen (secondary N) is 1. The van der Waals surface area contributed by atoms with Crippen molar-refractivity contribution in [3.8, 4) is 0 Å². The molecule has 0 radical (unpaired) electrons. The molecule has 2 aliphatic heterocycles. The fourth-order valence-electron chi connectivity index (χ4n) is 5.11. The summed E-state index contributed by atoms with van der Waals surface area (Å²) in [7, 11) is 0. The van der Waals surface area contributed by atoms with Crippen LogP contribution >= 0.6 is 0 Å². The molecule has 0 bridgehead atoms. The predicted molar refractivity (Wildman–Crippen MR) is 115 cm³/mol. The van der Waals surface area contributed by atoms with Crippen LogP contribution in [0, 0.1) is 6.92 Å². The van der Waals surface area contributed by atoms with Crippen LogP contribution in [0.15, 0.2) is 42.7 Å². The van der Waals surface area contributed by atoms with Crippen molar-refractivity contribution in [1.82, 2.24) is 19.8 Å². The Hall–Kier alpha value is -2.17. The van der Waals surface area contributed by atoms with Gasteiger partial charge in [-0.15, -0.1) is 0 Å². The molecule has 2 aliphatic rings. The first kappa shape index (κ1) is 17.9. The van der Waals surface area contributed by atoms with E-state index in [2.05, 4.69) is 51.0 Å². The van der Waals surface area contributed by atoms with Gasteiger partial charge in [-0.3, -0.25) is 9.88 Å². The lowest BCUT2D eigenvalue weighted by atomic mass is 9.98. The molecular weight excluding hydrogens is 344 g/mol. The number of fused-ring (bicyclic) bond motifs is 3. The number of nitrogens with zero attached hydrogens (tertiary/aromatic N) is 3. The zero-order chi connectivity index (χ0) is 18.9. The molecule has 0 saturated carbocycles. The highest BCUT2D eigenvalue weighted by Crippen LogP contribution is 2.33. The van der Waals surface area contributed by atoms with Gasteiger partial charge in [-0.05, 0) is 68.6 Å². The Balaban J connectivity index is 1.48. The van der Waals surface area contributed by atoms with Crippen LogP contribution in [-0.2, 0) is 25.9 Å². The van der Waals surface area contributed by atoms with E-state index in [1.807, 2.05) is 18.5 Å². The van der Waals surface area contributed by atoms with Crippen LogP contribution in [0.25, 0.3) is 10.9 Å². The van der Waals surface area contributed by atoms with E-state index in [9.17, 15) is 0 Å². The monoisotopic (exact) mass is 374 g/mol. The van der Waals surface area contributed by atoms with Crippen molar-refractivity contribution in [3.63, 3.8) is 0 Å². The molecule has 4 nitrogen and oxygen atoms in total. The Morgan fingerprint density at radius 3 is 2.89 bits per heavy atom. The summed E-state index contributed by atoms with van der Waals surface area (Å²) in [4.78, 5) is 7.03. The summed E-state index contributed by atoms with van der Waals surface area (Å²) >= 11 is 0. The molecule has 0 aliphatic carbocycles. The average Bonchev–Trinajstić information content (AvgIpc) is 3.06. The SMILES string of the molecule is Cc1ccc2c(c1)c1c(n2CCc2cccnc2)CCN(C2CCNCC2)C1. The van der Waals surface area contributed by atoms with Gasteiger partial charge in [0.05, 0.1) is 0 Å². The van der Waals surface area contributed by atoms with Gasteiger partial charge < -0.3 is 9.88 Å². The third kappa shape index (κ3) is 3.36. The molecule has 1 N–H and O–H groups in total.